The molecule has 2 atom stereocenters. The number of nitrogens with two attached hydrogens (primary N) is 1. The zero-order chi connectivity index (χ0) is 17.7. The van der Waals surface area contributed by atoms with E-state index in [1.54, 1.807) is 18.2 Å². The molecule has 0 spiro atoms. The van der Waals surface area contributed by atoms with Gasteiger partial charge in [0.1, 0.15) is 6.04 Å². The number of hydrogen-bond acceptors (Lipinski definition) is 6. The Morgan fingerprint density at radius 2 is 1.85 bits per heavy atom. The predicted octanol–water partition coefficient (Wildman–Crippen LogP) is 0.0470. The molecule has 3 aliphatic heterocycles. The highest BCUT2D eigenvalue weighted by Crippen LogP contribution is 2.35. The van der Waals surface area contributed by atoms with E-state index in [-0.39, 0.29) is 37.2 Å². The lowest BCUT2D eigenvalue weighted by atomic mass is 10.0. The lowest BCUT2D eigenvalue weighted by Crippen LogP contribution is -2.54. The van der Waals surface area contributed by atoms with Crippen LogP contribution in [0.5, 0.6) is 0 Å². The number of rotatable bonds is 2. The minimum atomic E-state index is -0.946. The first-order chi connectivity index (χ1) is 12.0. The summed E-state index contributed by atoms with van der Waals surface area (Å²) in [5.74, 6) is -1.95. The van der Waals surface area contributed by atoms with E-state index in [1.807, 2.05) is 4.90 Å². The standard InChI is InChI=1S/C17H18N4O4.ClH/c18-9-6-7-20(8-9)11-3-1-2-10-14(11)17(25)21(16(10)24)12-4-5-13(22)19-15(12)23;/h1-3,9,12H,4-8,18H2,(H,19,22,23);1H/t9-,12?;/m1./s1. The smallest absolute Gasteiger partial charge is 0.264 e. The molecule has 0 aliphatic carbocycles. The van der Waals surface area contributed by atoms with Crippen LogP contribution >= 0.6 is 12.4 Å². The number of hydrogen-bond donors (Lipinski definition) is 2. The molecule has 1 aromatic rings. The van der Waals surface area contributed by atoms with Gasteiger partial charge in [0.15, 0.2) is 0 Å². The van der Waals surface area contributed by atoms with Crippen LogP contribution in [-0.2, 0) is 9.59 Å². The largest absolute Gasteiger partial charge is 0.369 e. The summed E-state index contributed by atoms with van der Waals surface area (Å²) in [6, 6.07) is 4.22. The maximum atomic E-state index is 13.0. The number of amides is 4. The summed E-state index contributed by atoms with van der Waals surface area (Å²) < 4.78 is 0. The Balaban J connectivity index is 0.00000196. The molecule has 3 aliphatic rings. The van der Waals surface area contributed by atoms with Crippen LogP contribution < -0.4 is 16.0 Å². The number of nitrogens with zero attached hydrogens (tertiary/aromatic N) is 2. The van der Waals surface area contributed by atoms with Gasteiger partial charge >= 0.3 is 0 Å². The van der Waals surface area contributed by atoms with Gasteiger partial charge in [-0.15, -0.1) is 12.4 Å². The maximum absolute atomic E-state index is 13.0. The minimum Gasteiger partial charge on any atom is -0.369 e. The molecule has 9 heteroatoms. The van der Waals surface area contributed by atoms with Crippen molar-refractivity contribution in [1.29, 1.82) is 0 Å². The Kier molecular flexibility index (Phi) is 4.72. The number of halogens is 1. The van der Waals surface area contributed by atoms with Crippen molar-refractivity contribution in [1.82, 2.24) is 10.2 Å². The van der Waals surface area contributed by atoms with Gasteiger partial charge in [-0.25, -0.2) is 0 Å². The molecule has 3 heterocycles. The van der Waals surface area contributed by atoms with Crippen LogP contribution in [0.15, 0.2) is 18.2 Å². The van der Waals surface area contributed by atoms with E-state index in [0.29, 0.717) is 23.4 Å². The molecule has 1 unspecified atom stereocenters. The van der Waals surface area contributed by atoms with Gasteiger partial charge in [0.05, 0.1) is 16.8 Å². The van der Waals surface area contributed by atoms with E-state index in [4.69, 9.17) is 5.73 Å². The van der Waals surface area contributed by atoms with Crippen molar-refractivity contribution in [3.8, 4) is 0 Å². The normalized spacial score (nSPS) is 25.3. The Morgan fingerprint density at radius 1 is 1.08 bits per heavy atom. The minimum absolute atomic E-state index is 0. The number of piperidine rings is 1. The fourth-order valence-corrected chi connectivity index (χ4v) is 3.77. The van der Waals surface area contributed by atoms with Crippen LogP contribution in [0.25, 0.3) is 0 Å². The molecule has 4 amide bonds. The fraction of sp³-hybridized carbons (Fsp3) is 0.412. The summed E-state index contributed by atoms with van der Waals surface area (Å²) in [5, 5.41) is 2.20. The number of nitrogens with one attached hydrogen (secondary N) is 1. The third-order valence-electron chi connectivity index (χ3n) is 5.01. The topological polar surface area (TPSA) is 113 Å². The van der Waals surface area contributed by atoms with Gasteiger partial charge in [-0.05, 0) is 25.0 Å². The molecule has 2 fully saturated rings. The summed E-state index contributed by atoms with van der Waals surface area (Å²) in [6.07, 6.45) is 1.08. The van der Waals surface area contributed by atoms with Gasteiger partial charge in [-0.3, -0.25) is 29.4 Å². The van der Waals surface area contributed by atoms with Gasteiger partial charge in [0.25, 0.3) is 11.8 Å². The maximum Gasteiger partial charge on any atom is 0.264 e. The van der Waals surface area contributed by atoms with Crippen molar-refractivity contribution in [3.63, 3.8) is 0 Å². The Morgan fingerprint density at radius 3 is 2.50 bits per heavy atom. The quantitative estimate of drug-likeness (QED) is 0.703. The zero-order valence-corrected chi connectivity index (χ0v) is 14.8. The number of carbonyl (C=O) groups is 4. The van der Waals surface area contributed by atoms with Crippen LogP contribution in [0, 0.1) is 0 Å². The highest BCUT2D eigenvalue weighted by atomic mass is 35.5. The molecule has 0 radical (unpaired) electrons. The van der Waals surface area contributed by atoms with Crippen molar-refractivity contribution in [2.45, 2.75) is 31.3 Å². The molecule has 0 bridgehead atoms. The number of benzene rings is 1. The van der Waals surface area contributed by atoms with Gasteiger partial charge < -0.3 is 10.6 Å². The molecule has 0 saturated carbocycles. The number of fused-ring (bicyclic) bond motifs is 1. The number of imide groups is 2. The predicted molar refractivity (Wildman–Crippen MR) is 95.2 cm³/mol. The molecule has 8 nitrogen and oxygen atoms in total. The molecule has 138 valence electrons. The third kappa shape index (κ3) is 2.75. The van der Waals surface area contributed by atoms with E-state index in [9.17, 15) is 19.2 Å². The monoisotopic (exact) mass is 378 g/mol. The van der Waals surface area contributed by atoms with Crippen molar-refractivity contribution in [2.24, 2.45) is 5.73 Å². The van der Waals surface area contributed by atoms with Crippen LogP contribution in [0.2, 0.25) is 0 Å². The highest BCUT2D eigenvalue weighted by molar-refractivity contribution is 6.25. The van der Waals surface area contributed by atoms with E-state index in [2.05, 4.69) is 5.32 Å². The van der Waals surface area contributed by atoms with Crippen LogP contribution in [-0.4, -0.2) is 53.7 Å². The second-order valence-electron chi connectivity index (χ2n) is 6.64. The van der Waals surface area contributed by atoms with Crippen molar-refractivity contribution in [3.05, 3.63) is 29.3 Å². The summed E-state index contributed by atoms with van der Waals surface area (Å²) in [4.78, 5) is 52.2. The molecule has 3 N–H and O–H groups in total. The van der Waals surface area contributed by atoms with E-state index >= 15 is 0 Å². The molecular weight excluding hydrogens is 360 g/mol. The first-order valence-corrected chi connectivity index (χ1v) is 8.32. The fourth-order valence-electron chi connectivity index (χ4n) is 3.77. The Bertz CT molecular complexity index is 812. The second-order valence-corrected chi connectivity index (χ2v) is 6.64. The van der Waals surface area contributed by atoms with Gasteiger partial charge in [-0.2, -0.15) is 0 Å². The van der Waals surface area contributed by atoms with E-state index < -0.39 is 23.8 Å². The average molecular weight is 379 g/mol. The molecule has 1 aromatic carbocycles. The highest BCUT2D eigenvalue weighted by Gasteiger charge is 2.46. The van der Waals surface area contributed by atoms with Crippen LogP contribution in [0.1, 0.15) is 40.0 Å². The zero-order valence-electron chi connectivity index (χ0n) is 13.9. The molecule has 4 rings (SSSR count). The first-order valence-electron chi connectivity index (χ1n) is 8.32. The number of carbonyl (C=O) groups excluding carboxylic acids is 4. The lowest BCUT2D eigenvalue weighted by Gasteiger charge is -2.28. The molecule has 2 saturated heterocycles. The SMILES string of the molecule is Cl.N[C@@H]1CCN(c2cccc3c2C(=O)N(C2CCC(=O)NC2=O)C3=O)C1. The molecular formula is C17H19ClN4O4. The summed E-state index contributed by atoms with van der Waals surface area (Å²) in [6.45, 7) is 1.34. The number of anilines is 1. The summed E-state index contributed by atoms with van der Waals surface area (Å²) >= 11 is 0. The van der Waals surface area contributed by atoms with E-state index in [1.165, 1.54) is 0 Å². The van der Waals surface area contributed by atoms with Gasteiger partial charge in [-0.1, -0.05) is 6.07 Å². The first kappa shape index (κ1) is 18.3. The van der Waals surface area contributed by atoms with E-state index in [0.717, 1.165) is 17.9 Å². The molecule has 26 heavy (non-hydrogen) atoms. The second kappa shape index (κ2) is 6.69. The van der Waals surface area contributed by atoms with Crippen LogP contribution in [0.4, 0.5) is 5.69 Å². The summed E-state index contributed by atoms with van der Waals surface area (Å²) in [5.41, 5.74) is 7.26. The van der Waals surface area contributed by atoms with Crippen molar-refractivity contribution >= 4 is 41.7 Å². The summed E-state index contributed by atoms with van der Waals surface area (Å²) in [7, 11) is 0. The third-order valence-corrected chi connectivity index (χ3v) is 5.01. The average Bonchev–Trinajstić information content (AvgIpc) is 3.11. The van der Waals surface area contributed by atoms with Crippen molar-refractivity contribution < 1.29 is 19.2 Å². The lowest BCUT2D eigenvalue weighted by molar-refractivity contribution is -0.136. The van der Waals surface area contributed by atoms with Crippen molar-refractivity contribution in [2.75, 3.05) is 18.0 Å². The van der Waals surface area contributed by atoms with Gasteiger partial charge in [0, 0.05) is 25.6 Å². The van der Waals surface area contributed by atoms with Crippen LogP contribution in [0.3, 0.4) is 0 Å². The Hall–Kier alpha value is -2.45. The van der Waals surface area contributed by atoms with Gasteiger partial charge in [0.2, 0.25) is 11.8 Å². The Labute approximate surface area is 156 Å². The molecule has 0 aromatic heterocycles.